The Balaban J connectivity index is 1.38. The summed E-state index contributed by atoms with van der Waals surface area (Å²) in [5.74, 6) is 1.26. The Kier molecular flexibility index (Phi) is 5.86. The zero-order valence-corrected chi connectivity index (χ0v) is 19.1. The molecule has 5 aromatic rings. The van der Waals surface area contributed by atoms with Crippen molar-refractivity contribution in [3.05, 3.63) is 95.8 Å². The Hall–Kier alpha value is -4.33. The highest BCUT2D eigenvalue weighted by atomic mass is 16.1. The maximum atomic E-state index is 13.0. The Bertz CT molecular complexity index is 1440. The molecule has 1 amide bonds. The minimum Gasteiger partial charge on any atom is -0.345 e. The van der Waals surface area contributed by atoms with E-state index < -0.39 is 0 Å². The second-order valence-corrected chi connectivity index (χ2v) is 8.39. The van der Waals surface area contributed by atoms with Gasteiger partial charge in [-0.15, -0.1) is 5.10 Å². The SMILES string of the molecule is CC(C)n1nnnc1-c1cccc(C(=O)NCc2nc3ccccc3n2Cc2ccccc2)c1. The summed E-state index contributed by atoms with van der Waals surface area (Å²) in [7, 11) is 0. The first-order valence-corrected chi connectivity index (χ1v) is 11.2. The molecule has 0 saturated heterocycles. The number of carbonyl (C=O) groups excluding carboxylic acids is 1. The van der Waals surface area contributed by atoms with E-state index in [-0.39, 0.29) is 11.9 Å². The van der Waals surface area contributed by atoms with Gasteiger partial charge in [-0.25, -0.2) is 9.67 Å². The second kappa shape index (κ2) is 9.27. The zero-order valence-electron chi connectivity index (χ0n) is 19.1. The van der Waals surface area contributed by atoms with Crippen LogP contribution in [0.3, 0.4) is 0 Å². The third kappa shape index (κ3) is 4.30. The average Bonchev–Trinajstić information content (AvgIpc) is 3.49. The molecule has 3 aromatic carbocycles. The van der Waals surface area contributed by atoms with Gasteiger partial charge < -0.3 is 9.88 Å². The van der Waals surface area contributed by atoms with Crippen molar-refractivity contribution in [2.45, 2.75) is 33.0 Å². The number of aromatic nitrogens is 6. The third-order valence-corrected chi connectivity index (χ3v) is 5.69. The second-order valence-electron chi connectivity index (χ2n) is 8.39. The fourth-order valence-corrected chi connectivity index (χ4v) is 4.00. The number of para-hydroxylation sites is 2. The maximum absolute atomic E-state index is 13.0. The number of rotatable bonds is 7. The fourth-order valence-electron chi connectivity index (χ4n) is 4.00. The number of fused-ring (bicyclic) bond motifs is 1. The van der Waals surface area contributed by atoms with Crippen molar-refractivity contribution in [1.82, 2.24) is 35.1 Å². The van der Waals surface area contributed by atoms with Crippen LogP contribution < -0.4 is 5.32 Å². The van der Waals surface area contributed by atoms with E-state index in [1.165, 1.54) is 5.56 Å². The number of hydrogen-bond donors (Lipinski definition) is 1. The van der Waals surface area contributed by atoms with E-state index in [4.69, 9.17) is 4.98 Å². The number of nitrogens with one attached hydrogen (secondary N) is 1. The van der Waals surface area contributed by atoms with E-state index in [1.807, 2.05) is 68.4 Å². The molecule has 8 heteroatoms. The Morgan fingerprint density at radius 3 is 2.59 bits per heavy atom. The minimum absolute atomic E-state index is 0.111. The number of nitrogens with zero attached hydrogens (tertiary/aromatic N) is 6. The molecule has 0 saturated carbocycles. The van der Waals surface area contributed by atoms with Crippen molar-refractivity contribution in [3.8, 4) is 11.4 Å². The topological polar surface area (TPSA) is 90.5 Å². The smallest absolute Gasteiger partial charge is 0.251 e. The molecule has 0 aliphatic heterocycles. The van der Waals surface area contributed by atoms with Crippen LogP contribution in [0.25, 0.3) is 22.4 Å². The van der Waals surface area contributed by atoms with Gasteiger partial charge in [0.15, 0.2) is 5.82 Å². The lowest BCUT2D eigenvalue weighted by Crippen LogP contribution is -2.25. The largest absolute Gasteiger partial charge is 0.345 e. The summed E-state index contributed by atoms with van der Waals surface area (Å²) in [6.07, 6.45) is 0. The predicted molar refractivity (Wildman–Crippen MR) is 130 cm³/mol. The van der Waals surface area contributed by atoms with Gasteiger partial charge in [-0.1, -0.05) is 54.6 Å². The van der Waals surface area contributed by atoms with Crippen LogP contribution in [0, 0.1) is 0 Å². The standard InChI is InChI=1S/C26H25N7O/c1-18(2)33-25(29-30-31-33)20-11-8-12-21(15-20)26(34)27-16-24-28-22-13-6-7-14-23(22)32(24)17-19-9-4-3-5-10-19/h3-15,18H,16-17H2,1-2H3,(H,27,34). The van der Waals surface area contributed by atoms with Crippen molar-refractivity contribution >= 4 is 16.9 Å². The minimum atomic E-state index is -0.177. The molecule has 0 aliphatic carbocycles. The normalized spacial score (nSPS) is 11.3. The van der Waals surface area contributed by atoms with Gasteiger partial charge in [0.2, 0.25) is 0 Å². The summed E-state index contributed by atoms with van der Waals surface area (Å²) >= 11 is 0. The summed E-state index contributed by atoms with van der Waals surface area (Å²) in [6.45, 7) is 5.02. The van der Waals surface area contributed by atoms with Crippen LogP contribution in [-0.2, 0) is 13.1 Å². The van der Waals surface area contributed by atoms with Gasteiger partial charge in [-0.05, 0) is 54.1 Å². The van der Waals surface area contributed by atoms with Crippen molar-refractivity contribution in [2.75, 3.05) is 0 Å². The van der Waals surface area contributed by atoms with Crippen molar-refractivity contribution in [3.63, 3.8) is 0 Å². The molecule has 2 heterocycles. The van der Waals surface area contributed by atoms with Gasteiger partial charge in [-0.3, -0.25) is 4.79 Å². The summed E-state index contributed by atoms with van der Waals surface area (Å²) in [6, 6.07) is 25.7. The van der Waals surface area contributed by atoms with Gasteiger partial charge in [0.1, 0.15) is 5.82 Å². The van der Waals surface area contributed by atoms with Crippen LogP contribution in [0.5, 0.6) is 0 Å². The number of tetrazole rings is 1. The highest BCUT2D eigenvalue weighted by Crippen LogP contribution is 2.21. The van der Waals surface area contributed by atoms with Gasteiger partial charge >= 0.3 is 0 Å². The molecule has 0 fully saturated rings. The summed E-state index contributed by atoms with van der Waals surface area (Å²) in [4.78, 5) is 17.8. The molecule has 0 spiro atoms. The van der Waals surface area contributed by atoms with Crippen LogP contribution in [-0.4, -0.2) is 35.7 Å². The third-order valence-electron chi connectivity index (χ3n) is 5.69. The fraction of sp³-hybridized carbons (Fsp3) is 0.192. The van der Waals surface area contributed by atoms with E-state index in [9.17, 15) is 4.79 Å². The number of imidazole rings is 1. The Morgan fingerprint density at radius 2 is 1.76 bits per heavy atom. The monoisotopic (exact) mass is 451 g/mol. The molecule has 5 rings (SSSR count). The Morgan fingerprint density at radius 1 is 0.971 bits per heavy atom. The van der Waals surface area contributed by atoms with Crippen LogP contribution in [0.2, 0.25) is 0 Å². The van der Waals surface area contributed by atoms with Gasteiger partial charge in [0.25, 0.3) is 5.91 Å². The van der Waals surface area contributed by atoms with Gasteiger partial charge in [0, 0.05) is 17.7 Å². The lowest BCUT2D eigenvalue weighted by atomic mass is 10.1. The quantitative estimate of drug-likeness (QED) is 0.400. The van der Waals surface area contributed by atoms with E-state index in [0.29, 0.717) is 24.5 Å². The molecule has 170 valence electrons. The van der Waals surface area contributed by atoms with Crippen LogP contribution in [0.4, 0.5) is 0 Å². The van der Waals surface area contributed by atoms with Crippen molar-refractivity contribution < 1.29 is 4.79 Å². The molecule has 1 N–H and O–H groups in total. The first-order chi connectivity index (χ1) is 16.6. The van der Waals surface area contributed by atoms with E-state index in [2.05, 4.69) is 43.6 Å². The van der Waals surface area contributed by atoms with Crippen molar-refractivity contribution in [2.24, 2.45) is 0 Å². The van der Waals surface area contributed by atoms with E-state index >= 15 is 0 Å². The summed E-state index contributed by atoms with van der Waals surface area (Å²) < 4.78 is 3.89. The predicted octanol–water partition coefficient (Wildman–Crippen LogP) is 4.25. The average molecular weight is 452 g/mol. The first kappa shape index (κ1) is 21.5. The summed E-state index contributed by atoms with van der Waals surface area (Å²) in [5, 5.41) is 15.0. The van der Waals surface area contributed by atoms with Crippen LogP contribution in [0.1, 0.15) is 41.6 Å². The molecule has 8 nitrogen and oxygen atoms in total. The zero-order chi connectivity index (χ0) is 23.5. The van der Waals surface area contributed by atoms with Gasteiger partial charge in [0.05, 0.1) is 23.6 Å². The molecule has 34 heavy (non-hydrogen) atoms. The first-order valence-electron chi connectivity index (χ1n) is 11.2. The molecule has 2 aromatic heterocycles. The molecule has 0 radical (unpaired) electrons. The molecule has 0 bridgehead atoms. The molecule has 0 unspecified atom stereocenters. The molecular formula is C26H25N7O. The lowest BCUT2D eigenvalue weighted by Gasteiger charge is -2.11. The van der Waals surface area contributed by atoms with Crippen LogP contribution >= 0.6 is 0 Å². The molecular weight excluding hydrogens is 426 g/mol. The number of amides is 1. The highest BCUT2D eigenvalue weighted by molar-refractivity contribution is 5.95. The summed E-state index contributed by atoms with van der Waals surface area (Å²) in [5.41, 5.74) is 4.46. The maximum Gasteiger partial charge on any atom is 0.251 e. The molecule has 0 atom stereocenters. The number of carbonyl (C=O) groups is 1. The van der Waals surface area contributed by atoms with E-state index in [0.717, 1.165) is 22.4 Å². The highest BCUT2D eigenvalue weighted by Gasteiger charge is 2.16. The number of benzene rings is 3. The van der Waals surface area contributed by atoms with Crippen LogP contribution in [0.15, 0.2) is 78.9 Å². The lowest BCUT2D eigenvalue weighted by molar-refractivity contribution is 0.0949. The Labute approximate surface area is 197 Å². The van der Waals surface area contributed by atoms with Gasteiger partial charge in [-0.2, -0.15) is 0 Å². The van der Waals surface area contributed by atoms with Crippen molar-refractivity contribution in [1.29, 1.82) is 0 Å². The molecule has 0 aliphatic rings. The number of hydrogen-bond acceptors (Lipinski definition) is 5. The van der Waals surface area contributed by atoms with E-state index in [1.54, 1.807) is 10.7 Å².